The summed E-state index contributed by atoms with van der Waals surface area (Å²) < 4.78 is 2.33. The minimum Gasteiger partial charge on any atom is -0.324 e. The summed E-state index contributed by atoms with van der Waals surface area (Å²) in [4.78, 5) is 5.30. The zero-order valence-corrected chi connectivity index (χ0v) is 20.5. The normalized spacial score (nSPS) is 11.1. The number of nitrogens with zero attached hydrogens (tertiary/aromatic N) is 5. The number of hydrogen-bond acceptors (Lipinski definition) is 4. The van der Waals surface area contributed by atoms with Crippen molar-refractivity contribution in [3.63, 3.8) is 0 Å². The molecule has 2 aromatic heterocycles. The molecule has 0 radical (unpaired) electrons. The van der Waals surface area contributed by atoms with Gasteiger partial charge in [-0.2, -0.15) is 5.21 Å². The Labute approximate surface area is 215 Å². The number of rotatable bonds is 7. The SMILES string of the molecule is CCn1c(-c2ccccc2-c2cccc(Cc3nn[nH]n3)c2)nc(-c2ccccc2)c1-c1ccccc1. The van der Waals surface area contributed by atoms with Gasteiger partial charge in [-0.25, -0.2) is 4.98 Å². The summed E-state index contributed by atoms with van der Waals surface area (Å²) in [5, 5.41) is 14.4. The van der Waals surface area contributed by atoms with Gasteiger partial charge in [0, 0.05) is 29.7 Å². The Morgan fingerprint density at radius 3 is 2.08 bits per heavy atom. The largest absolute Gasteiger partial charge is 0.324 e. The second kappa shape index (κ2) is 10.0. The van der Waals surface area contributed by atoms with Crippen molar-refractivity contribution in [2.75, 3.05) is 0 Å². The van der Waals surface area contributed by atoms with E-state index in [1.807, 2.05) is 6.07 Å². The van der Waals surface area contributed by atoms with E-state index in [1.54, 1.807) is 0 Å². The smallest absolute Gasteiger partial charge is 0.178 e. The topological polar surface area (TPSA) is 72.3 Å². The van der Waals surface area contributed by atoms with Crippen LogP contribution in [0.25, 0.3) is 45.0 Å². The molecule has 0 saturated heterocycles. The van der Waals surface area contributed by atoms with Gasteiger partial charge in [0.25, 0.3) is 0 Å². The van der Waals surface area contributed by atoms with Gasteiger partial charge in [-0.15, -0.1) is 10.2 Å². The molecule has 0 bridgehead atoms. The third kappa shape index (κ3) is 4.45. The lowest BCUT2D eigenvalue weighted by Gasteiger charge is -2.14. The Morgan fingerprint density at radius 1 is 0.703 bits per heavy atom. The summed E-state index contributed by atoms with van der Waals surface area (Å²) in [7, 11) is 0. The van der Waals surface area contributed by atoms with Crippen LogP contribution in [0.2, 0.25) is 0 Å². The fraction of sp³-hybridized carbons (Fsp3) is 0.0968. The molecule has 6 aromatic rings. The molecule has 0 aliphatic carbocycles. The first kappa shape index (κ1) is 22.6. The second-order valence-electron chi connectivity index (χ2n) is 8.86. The quantitative estimate of drug-likeness (QED) is 0.276. The molecule has 0 saturated carbocycles. The van der Waals surface area contributed by atoms with Gasteiger partial charge in [-0.1, -0.05) is 114 Å². The van der Waals surface area contributed by atoms with Crippen molar-refractivity contribution < 1.29 is 0 Å². The summed E-state index contributed by atoms with van der Waals surface area (Å²) in [5.41, 5.74) is 8.87. The van der Waals surface area contributed by atoms with E-state index in [0.29, 0.717) is 12.2 Å². The lowest BCUT2D eigenvalue weighted by molar-refractivity contribution is 0.778. The van der Waals surface area contributed by atoms with E-state index in [9.17, 15) is 0 Å². The molecule has 6 nitrogen and oxygen atoms in total. The van der Waals surface area contributed by atoms with Crippen LogP contribution < -0.4 is 0 Å². The predicted molar refractivity (Wildman–Crippen MR) is 147 cm³/mol. The molecule has 0 aliphatic rings. The molecule has 0 spiro atoms. The fourth-order valence-electron chi connectivity index (χ4n) is 4.87. The van der Waals surface area contributed by atoms with Crippen molar-refractivity contribution in [2.45, 2.75) is 19.9 Å². The molecule has 2 heterocycles. The van der Waals surface area contributed by atoms with Gasteiger partial charge >= 0.3 is 0 Å². The molecule has 6 heteroatoms. The summed E-state index contributed by atoms with van der Waals surface area (Å²) in [6.07, 6.45) is 0.617. The highest BCUT2D eigenvalue weighted by atomic mass is 15.5. The van der Waals surface area contributed by atoms with Gasteiger partial charge in [0.15, 0.2) is 5.82 Å². The van der Waals surface area contributed by atoms with Crippen LogP contribution in [-0.2, 0) is 13.0 Å². The average Bonchev–Trinajstić information content (AvgIpc) is 3.62. The van der Waals surface area contributed by atoms with Gasteiger partial charge < -0.3 is 4.57 Å². The van der Waals surface area contributed by atoms with Crippen molar-refractivity contribution in [1.29, 1.82) is 0 Å². The molecule has 0 atom stereocenters. The Kier molecular flexibility index (Phi) is 6.13. The van der Waals surface area contributed by atoms with Crippen molar-refractivity contribution in [2.24, 2.45) is 0 Å². The lowest BCUT2D eigenvalue weighted by atomic mass is 9.97. The first-order chi connectivity index (χ1) is 18.3. The summed E-state index contributed by atoms with van der Waals surface area (Å²) in [5.74, 6) is 1.63. The highest BCUT2D eigenvalue weighted by Gasteiger charge is 2.22. The second-order valence-corrected chi connectivity index (χ2v) is 8.86. The number of nitrogens with one attached hydrogen (secondary N) is 1. The monoisotopic (exact) mass is 482 g/mol. The van der Waals surface area contributed by atoms with E-state index in [1.165, 1.54) is 0 Å². The van der Waals surface area contributed by atoms with E-state index in [-0.39, 0.29) is 0 Å². The third-order valence-electron chi connectivity index (χ3n) is 6.54. The molecule has 4 aromatic carbocycles. The Morgan fingerprint density at radius 2 is 1.38 bits per heavy atom. The minimum atomic E-state index is 0.617. The molecule has 0 aliphatic heterocycles. The maximum atomic E-state index is 5.30. The molecule has 0 amide bonds. The molecular weight excluding hydrogens is 456 g/mol. The minimum absolute atomic E-state index is 0.617. The number of hydrogen-bond donors (Lipinski definition) is 1. The van der Waals surface area contributed by atoms with Crippen molar-refractivity contribution in [1.82, 2.24) is 30.2 Å². The van der Waals surface area contributed by atoms with Crippen LogP contribution in [0.3, 0.4) is 0 Å². The number of aromatic amines is 1. The van der Waals surface area contributed by atoms with Crippen LogP contribution in [-0.4, -0.2) is 30.2 Å². The molecule has 0 fully saturated rings. The Balaban J connectivity index is 1.53. The van der Waals surface area contributed by atoms with Gasteiger partial charge in [0.2, 0.25) is 0 Å². The van der Waals surface area contributed by atoms with Crippen molar-refractivity contribution in [3.05, 3.63) is 121 Å². The number of H-pyrrole nitrogens is 1. The molecular formula is C31H26N6. The Hall–Kier alpha value is -4.84. The number of benzene rings is 4. The molecule has 1 N–H and O–H groups in total. The molecule has 37 heavy (non-hydrogen) atoms. The van der Waals surface area contributed by atoms with Crippen LogP contribution in [0.1, 0.15) is 18.3 Å². The zero-order chi connectivity index (χ0) is 25.0. The Bertz CT molecular complexity index is 1620. The zero-order valence-electron chi connectivity index (χ0n) is 20.5. The summed E-state index contributed by atoms with van der Waals surface area (Å²) in [6.45, 7) is 2.98. The van der Waals surface area contributed by atoms with Gasteiger partial charge in [0.1, 0.15) is 5.82 Å². The first-order valence-corrected chi connectivity index (χ1v) is 12.4. The first-order valence-electron chi connectivity index (χ1n) is 12.4. The predicted octanol–water partition coefficient (Wildman–Crippen LogP) is 6.67. The van der Waals surface area contributed by atoms with Gasteiger partial charge in [0.05, 0.1) is 11.4 Å². The molecule has 6 rings (SSSR count). The van der Waals surface area contributed by atoms with E-state index in [2.05, 4.69) is 135 Å². The number of imidazole rings is 1. The van der Waals surface area contributed by atoms with Crippen LogP contribution in [0.15, 0.2) is 109 Å². The van der Waals surface area contributed by atoms with Crippen LogP contribution in [0.5, 0.6) is 0 Å². The average molecular weight is 483 g/mol. The fourth-order valence-corrected chi connectivity index (χ4v) is 4.87. The standard InChI is InChI=1S/C31H26N6/c1-2-37-30(24-15-7-4-8-16-24)29(23-13-5-3-6-14-23)32-31(37)27-19-10-9-18-26(27)25-17-11-12-22(20-25)21-28-33-35-36-34-28/h3-20H,2,21H2,1H3,(H,33,34,35,36). The summed E-state index contributed by atoms with van der Waals surface area (Å²) in [6, 6.07) is 38.0. The van der Waals surface area contributed by atoms with E-state index >= 15 is 0 Å². The van der Waals surface area contributed by atoms with Crippen molar-refractivity contribution >= 4 is 0 Å². The van der Waals surface area contributed by atoms with Gasteiger partial charge in [-0.05, 0) is 23.6 Å². The maximum absolute atomic E-state index is 5.30. The van der Waals surface area contributed by atoms with Crippen LogP contribution >= 0.6 is 0 Å². The van der Waals surface area contributed by atoms with E-state index in [0.717, 1.165) is 57.1 Å². The molecule has 0 unspecified atom stereocenters. The summed E-state index contributed by atoms with van der Waals surface area (Å²) >= 11 is 0. The van der Waals surface area contributed by atoms with Gasteiger partial charge in [-0.3, -0.25) is 0 Å². The lowest BCUT2D eigenvalue weighted by Crippen LogP contribution is -2.01. The van der Waals surface area contributed by atoms with Crippen LogP contribution in [0, 0.1) is 0 Å². The number of aromatic nitrogens is 6. The van der Waals surface area contributed by atoms with E-state index in [4.69, 9.17) is 4.98 Å². The molecule has 180 valence electrons. The highest BCUT2D eigenvalue weighted by molar-refractivity contribution is 5.87. The highest BCUT2D eigenvalue weighted by Crippen LogP contribution is 2.39. The van der Waals surface area contributed by atoms with Crippen LogP contribution in [0.4, 0.5) is 0 Å². The van der Waals surface area contributed by atoms with Crippen molar-refractivity contribution in [3.8, 4) is 45.0 Å². The third-order valence-corrected chi connectivity index (χ3v) is 6.54. The van der Waals surface area contributed by atoms with E-state index < -0.39 is 0 Å². The maximum Gasteiger partial charge on any atom is 0.178 e. The number of tetrazole rings is 1.